The Kier molecular flexibility index (Phi) is 5.51. The Morgan fingerprint density at radius 2 is 1.68 bits per heavy atom. The van der Waals surface area contributed by atoms with E-state index in [0.717, 1.165) is 57.8 Å². The van der Waals surface area contributed by atoms with Crippen LogP contribution >= 0.6 is 0 Å². The van der Waals surface area contributed by atoms with Crippen molar-refractivity contribution >= 4 is 23.6 Å². The number of barbiturate groups is 1. The largest absolute Gasteiger partial charge is 0.331 e. The molecular weight excluding hydrogens is 320 g/mol. The van der Waals surface area contributed by atoms with Crippen LogP contribution in [-0.2, 0) is 9.59 Å². The number of hydrogen-bond donors (Lipinski definition) is 2. The first-order valence-corrected chi connectivity index (χ1v) is 9.47. The second-order valence-corrected chi connectivity index (χ2v) is 7.51. The number of nitrogens with two attached hydrogens (primary N) is 1. The molecule has 138 valence electrons. The molecule has 3 atom stereocenters. The average Bonchev–Trinajstić information content (AvgIpc) is 2.57. The molecule has 7 heteroatoms. The fourth-order valence-electron chi connectivity index (χ4n) is 4.28. The van der Waals surface area contributed by atoms with Crippen LogP contribution in [0.3, 0.4) is 0 Å². The van der Waals surface area contributed by atoms with Crippen molar-refractivity contribution in [1.29, 1.82) is 0 Å². The van der Waals surface area contributed by atoms with Gasteiger partial charge in [-0.2, -0.15) is 0 Å². The molecule has 7 nitrogen and oxygen atoms in total. The number of aliphatic imine (C=N–C) groups is 1. The minimum Gasteiger partial charge on any atom is -0.326 e. The van der Waals surface area contributed by atoms with Gasteiger partial charge in [0.2, 0.25) is 11.8 Å². The van der Waals surface area contributed by atoms with Crippen molar-refractivity contribution in [3.05, 3.63) is 0 Å². The molecule has 4 amide bonds. The van der Waals surface area contributed by atoms with Gasteiger partial charge in [0, 0.05) is 17.8 Å². The maximum atomic E-state index is 12.9. The number of imide groups is 2. The number of carbonyl (C=O) groups excluding carboxylic acids is 3. The second-order valence-electron chi connectivity index (χ2n) is 7.51. The highest BCUT2D eigenvalue weighted by Gasteiger charge is 2.45. The first-order chi connectivity index (χ1) is 12.0. The standard InChI is InChI=1S/C18H28N4O3/c1-11(20-14-10-6-5-9-13(14)19)15-16(23)21-18(25)22(17(15)24)12-7-3-2-4-8-12/h12-15H,2-10,19H2,1H3,(H,21,23,25)/t13-,14+,15?/m0/s1. The summed E-state index contributed by atoms with van der Waals surface area (Å²) in [5.41, 5.74) is 6.61. The van der Waals surface area contributed by atoms with Crippen molar-refractivity contribution < 1.29 is 14.4 Å². The van der Waals surface area contributed by atoms with Crippen LogP contribution < -0.4 is 11.1 Å². The minimum atomic E-state index is -1.01. The lowest BCUT2D eigenvalue weighted by Gasteiger charge is -2.37. The van der Waals surface area contributed by atoms with E-state index in [4.69, 9.17) is 5.73 Å². The van der Waals surface area contributed by atoms with Crippen molar-refractivity contribution in [2.45, 2.75) is 82.8 Å². The van der Waals surface area contributed by atoms with Gasteiger partial charge in [0.25, 0.3) is 0 Å². The zero-order chi connectivity index (χ0) is 18.0. The van der Waals surface area contributed by atoms with Crippen LogP contribution in [0.4, 0.5) is 4.79 Å². The molecule has 3 aliphatic rings. The molecular formula is C18H28N4O3. The molecule has 0 aromatic rings. The van der Waals surface area contributed by atoms with Gasteiger partial charge in [-0.3, -0.25) is 24.8 Å². The van der Waals surface area contributed by atoms with Crippen molar-refractivity contribution in [3.63, 3.8) is 0 Å². The number of nitrogens with one attached hydrogen (secondary N) is 1. The van der Waals surface area contributed by atoms with E-state index in [9.17, 15) is 14.4 Å². The summed E-state index contributed by atoms with van der Waals surface area (Å²) in [5, 5.41) is 2.35. The fraction of sp³-hybridized carbons (Fsp3) is 0.778. The Labute approximate surface area is 148 Å². The first-order valence-electron chi connectivity index (χ1n) is 9.47. The Balaban J connectivity index is 1.80. The van der Waals surface area contributed by atoms with E-state index in [1.165, 1.54) is 4.90 Å². The molecule has 1 heterocycles. The van der Waals surface area contributed by atoms with Gasteiger partial charge in [-0.05, 0) is 32.6 Å². The summed E-state index contributed by atoms with van der Waals surface area (Å²) in [6.07, 6.45) is 8.71. The summed E-state index contributed by atoms with van der Waals surface area (Å²) in [7, 11) is 0. The molecule has 3 fully saturated rings. The van der Waals surface area contributed by atoms with E-state index in [0.29, 0.717) is 5.71 Å². The lowest BCUT2D eigenvalue weighted by Crippen LogP contribution is -2.62. The van der Waals surface area contributed by atoms with E-state index in [1.54, 1.807) is 6.92 Å². The highest BCUT2D eigenvalue weighted by Crippen LogP contribution is 2.27. The lowest BCUT2D eigenvalue weighted by molar-refractivity contribution is -0.141. The Morgan fingerprint density at radius 3 is 2.36 bits per heavy atom. The number of rotatable bonds is 3. The van der Waals surface area contributed by atoms with Crippen LogP contribution in [-0.4, -0.2) is 46.6 Å². The summed E-state index contributed by atoms with van der Waals surface area (Å²) in [6.45, 7) is 1.71. The monoisotopic (exact) mass is 348 g/mol. The van der Waals surface area contributed by atoms with Crippen molar-refractivity contribution in [1.82, 2.24) is 10.2 Å². The molecule has 25 heavy (non-hydrogen) atoms. The van der Waals surface area contributed by atoms with Gasteiger partial charge in [0.1, 0.15) is 0 Å². The molecule has 3 N–H and O–H groups in total. The Hall–Kier alpha value is -1.76. The number of nitrogens with zero attached hydrogens (tertiary/aromatic N) is 2. The predicted molar refractivity (Wildman–Crippen MR) is 94.1 cm³/mol. The third kappa shape index (κ3) is 3.76. The SMILES string of the molecule is CC(=N[C@@H]1CCCC[C@@H]1N)C1C(=O)NC(=O)N(C2CCCCC2)C1=O. The molecule has 1 saturated heterocycles. The smallest absolute Gasteiger partial charge is 0.326 e. The normalized spacial score (nSPS) is 32.7. The van der Waals surface area contributed by atoms with Crippen LogP contribution in [0.2, 0.25) is 0 Å². The second kappa shape index (κ2) is 7.64. The number of amides is 4. The summed E-state index contributed by atoms with van der Waals surface area (Å²) >= 11 is 0. The van der Waals surface area contributed by atoms with Gasteiger partial charge in [-0.15, -0.1) is 0 Å². The van der Waals surface area contributed by atoms with Gasteiger partial charge in [-0.1, -0.05) is 32.1 Å². The quantitative estimate of drug-likeness (QED) is 0.598. The van der Waals surface area contributed by atoms with E-state index < -0.39 is 23.8 Å². The van der Waals surface area contributed by atoms with E-state index in [-0.39, 0.29) is 18.1 Å². The third-order valence-electron chi connectivity index (χ3n) is 5.70. The summed E-state index contributed by atoms with van der Waals surface area (Å²) in [4.78, 5) is 43.4. The molecule has 0 radical (unpaired) electrons. The highest BCUT2D eigenvalue weighted by atomic mass is 16.2. The number of carbonyl (C=O) groups is 3. The van der Waals surface area contributed by atoms with Crippen molar-refractivity contribution in [2.24, 2.45) is 16.6 Å². The molecule has 0 spiro atoms. The average molecular weight is 348 g/mol. The Bertz CT molecular complexity index is 583. The molecule has 2 aliphatic carbocycles. The molecule has 1 aliphatic heterocycles. The van der Waals surface area contributed by atoms with Gasteiger partial charge >= 0.3 is 6.03 Å². The number of urea groups is 1. The third-order valence-corrected chi connectivity index (χ3v) is 5.70. The molecule has 0 aromatic carbocycles. The zero-order valence-corrected chi connectivity index (χ0v) is 14.9. The molecule has 0 bridgehead atoms. The molecule has 0 aromatic heterocycles. The van der Waals surface area contributed by atoms with E-state index >= 15 is 0 Å². The van der Waals surface area contributed by atoms with Crippen molar-refractivity contribution in [2.75, 3.05) is 0 Å². The minimum absolute atomic E-state index is 0.0264. The van der Waals surface area contributed by atoms with E-state index in [1.807, 2.05) is 0 Å². The van der Waals surface area contributed by atoms with Gasteiger partial charge in [0.15, 0.2) is 5.92 Å². The number of hydrogen-bond acceptors (Lipinski definition) is 5. The summed E-state index contributed by atoms with van der Waals surface area (Å²) in [5.74, 6) is -1.99. The molecule has 3 rings (SSSR count). The summed E-state index contributed by atoms with van der Waals surface area (Å²) < 4.78 is 0. The maximum Gasteiger partial charge on any atom is 0.331 e. The van der Waals surface area contributed by atoms with Crippen LogP contribution in [0.25, 0.3) is 0 Å². The van der Waals surface area contributed by atoms with Gasteiger partial charge < -0.3 is 5.73 Å². The fourth-order valence-corrected chi connectivity index (χ4v) is 4.28. The Morgan fingerprint density at radius 1 is 1.04 bits per heavy atom. The lowest BCUT2D eigenvalue weighted by atomic mass is 9.89. The van der Waals surface area contributed by atoms with Crippen LogP contribution in [0.1, 0.15) is 64.7 Å². The van der Waals surface area contributed by atoms with E-state index in [2.05, 4.69) is 10.3 Å². The summed E-state index contributed by atoms with van der Waals surface area (Å²) in [6, 6.07) is -0.765. The highest BCUT2D eigenvalue weighted by molar-refractivity contribution is 6.27. The van der Waals surface area contributed by atoms with Crippen LogP contribution in [0, 0.1) is 5.92 Å². The van der Waals surface area contributed by atoms with Crippen molar-refractivity contribution in [3.8, 4) is 0 Å². The van der Waals surface area contributed by atoms with Crippen LogP contribution in [0.5, 0.6) is 0 Å². The maximum absolute atomic E-state index is 12.9. The first kappa shape index (κ1) is 18.0. The van der Waals surface area contributed by atoms with Gasteiger partial charge in [-0.25, -0.2) is 4.79 Å². The molecule has 2 saturated carbocycles. The zero-order valence-electron chi connectivity index (χ0n) is 14.9. The predicted octanol–water partition coefficient (Wildman–Crippen LogP) is 1.74. The van der Waals surface area contributed by atoms with Crippen LogP contribution in [0.15, 0.2) is 4.99 Å². The topological polar surface area (TPSA) is 105 Å². The molecule has 1 unspecified atom stereocenters. The van der Waals surface area contributed by atoms with Gasteiger partial charge in [0.05, 0.1) is 6.04 Å².